The van der Waals surface area contributed by atoms with Crippen LogP contribution in [-0.4, -0.2) is 25.3 Å². The first-order valence-electron chi connectivity index (χ1n) is 6.28. The van der Waals surface area contributed by atoms with Crippen molar-refractivity contribution in [1.29, 1.82) is 0 Å². The summed E-state index contributed by atoms with van der Waals surface area (Å²) < 4.78 is 43.7. The van der Waals surface area contributed by atoms with Crippen LogP contribution >= 0.6 is 11.6 Å². The van der Waals surface area contributed by atoms with Gasteiger partial charge < -0.3 is 15.8 Å². The van der Waals surface area contributed by atoms with Gasteiger partial charge in [0.25, 0.3) is 0 Å². The first kappa shape index (κ1) is 15.4. The number of ether oxygens (including phenoxy) is 1. The summed E-state index contributed by atoms with van der Waals surface area (Å²) in [7, 11) is 0. The molecule has 1 fully saturated rings. The molecule has 3 nitrogen and oxygen atoms in total. The van der Waals surface area contributed by atoms with Crippen LogP contribution < -0.4 is 11.1 Å². The summed E-state index contributed by atoms with van der Waals surface area (Å²) in [5.41, 5.74) is 4.74. The number of nitrogens with two attached hydrogens (primary N) is 1. The van der Waals surface area contributed by atoms with E-state index in [0.29, 0.717) is 18.9 Å². The highest BCUT2D eigenvalue weighted by molar-refractivity contribution is 6.30. The lowest BCUT2D eigenvalue weighted by Gasteiger charge is -2.37. The van der Waals surface area contributed by atoms with E-state index in [1.165, 1.54) is 6.07 Å². The molecule has 1 aromatic rings. The van der Waals surface area contributed by atoms with Crippen LogP contribution in [0.2, 0.25) is 5.02 Å². The van der Waals surface area contributed by atoms with E-state index in [4.69, 9.17) is 22.1 Å². The summed E-state index contributed by atoms with van der Waals surface area (Å²) in [6, 6.07) is 3.40. The third kappa shape index (κ3) is 3.56. The molecule has 1 atom stereocenters. The second-order valence-corrected chi connectivity index (χ2v) is 5.43. The molecule has 0 spiro atoms. The van der Waals surface area contributed by atoms with E-state index in [9.17, 15) is 13.2 Å². The van der Waals surface area contributed by atoms with Gasteiger partial charge in [0.2, 0.25) is 0 Å². The molecule has 0 aromatic heterocycles. The highest BCUT2D eigenvalue weighted by Crippen LogP contribution is 2.34. The van der Waals surface area contributed by atoms with Gasteiger partial charge in [-0.1, -0.05) is 11.6 Å². The van der Waals surface area contributed by atoms with Gasteiger partial charge in [0, 0.05) is 23.9 Å². The Labute approximate surface area is 120 Å². The summed E-state index contributed by atoms with van der Waals surface area (Å²) in [4.78, 5) is 0. The monoisotopic (exact) mass is 308 g/mol. The van der Waals surface area contributed by atoms with Gasteiger partial charge in [-0.3, -0.25) is 0 Å². The molecule has 0 amide bonds. The van der Waals surface area contributed by atoms with Crippen molar-refractivity contribution < 1.29 is 17.9 Å². The molecular formula is C13H16ClF3N2O. The molecular weight excluding hydrogens is 293 g/mol. The number of alkyl halides is 3. The first-order valence-corrected chi connectivity index (χ1v) is 6.66. The zero-order valence-electron chi connectivity index (χ0n) is 10.8. The number of rotatable bonds is 3. The quantitative estimate of drug-likeness (QED) is 0.901. The van der Waals surface area contributed by atoms with Crippen LogP contribution in [0.25, 0.3) is 0 Å². The predicted molar refractivity (Wildman–Crippen MR) is 71.9 cm³/mol. The van der Waals surface area contributed by atoms with Crippen LogP contribution in [0.1, 0.15) is 18.4 Å². The molecule has 3 N–H and O–H groups in total. The van der Waals surface area contributed by atoms with Gasteiger partial charge in [-0.05, 0) is 31.0 Å². The molecule has 1 aromatic carbocycles. The van der Waals surface area contributed by atoms with Crippen LogP contribution in [0.5, 0.6) is 0 Å². The molecule has 2 rings (SSSR count). The second-order valence-electron chi connectivity index (χ2n) is 4.99. The highest BCUT2D eigenvalue weighted by Gasteiger charge is 2.34. The first-order chi connectivity index (χ1) is 9.35. The normalized spacial score (nSPS) is 23.6. The Kier molecular flexibility index (Phi) is 4.46. The Bertz CT molecular complexity index is 473. The summed E-state index contributed by atoms with van der Waals surface area (Å²) >= 11 is 5.76. The summed E-state index contributed by atoms with van der Waals surface area (Å²) in [6.07, 6.45) is -2.87. The molecule has 112 valence electrons. The summed E-state index contributed by atoms with van der Waals surface area (Å²) in [5.74, 6) is 0. The zero-order valence-corrected chi connectivity index (χ0v) is 11.5. The topological polar surface area (TPSA) is 47.3 Å². The van der Waals surface area contributed by atoms with Crippen LogP contribution in [0, 0.1) is 0 Å². The standard InChI is InChI=1S/C13H16ClF3N2O/c14-10-4-9(13(15,16)17)5-11(6-10)19-12(7-18)2-1-3-20-8-12/h4-6,19H,1-3,7-8,18H2. The largest absolute Gasteiger partial charge is 0.416 e. The third-order valence-electron chi connectivity index (χ3n) is 3.35. The molecule has 7 heteroatoms. The van der Waals surface area contributed by atoms with Crippen LogP contribution in [0.4, 0.5) is 18.9 Å². The van der Waals surface area contributed by atoms with Crippen molar-refractivity contribution in [2.24, 2.45) is 5.73 Å². The molecule has 20 heavy (non-hydrogen) atoms. The average molecular weight is 309 g/mol. The Morgan fingerprint density at radius 2 is 2.10 bits per heavy atom. The summed E-state index contributed by atoms with van der Waals surface area (Å²) in [6.45, 7) is 1.30. The SMILES string of the molecule is NCC1(Nc2cc(Cl)cc(C(F)(F)F)c2)CCCOC1. The summed E-state index contributed by atoms with van der Waals surface area (Å²) in [5, 5.41) is 3.10. The Morgan fingerprint density at radius 3 is 2.65 bits per heavy atom. The highest BCUT2D eigenvalue weighted by atomic mass is 35.5. The minimum Gasteiger partial charge on any atom is -0.379 e. The van der Waals surface area contributed by atoms with Crippen molar-refractivity contribution in [2.45, 2.75) is 24.6 Å². The lowest BCUT2D eigenvalue weighted by molar-refractivity contribution is -0.137. The van der Waals surface area contributed by atoms with Crippen LogP contribution in [0.15, 0.2) is 18.2 Å². The van der Waals surface area contributed by atoms with Crippen LogP contribution in [-0.2, 0) is 10.9 Å². The maximum atomic E-state index is 12.8. The molecule has 1 heterocycles. The van der Waals surface area contributed by atoms with E-state index in [1.807, 2.05) is 0 Å². The van der Waals surface area contributed by atoms with Crippen molar-refractivity contribution in [2.75, 3.05) is 25.1 Å². The lowest BCUT2D eigenvalue weighted by atomic mass is 9.92. The van der Waals surface area contributed by atoms with E-state index in [1.54, 1.807) is 0 Å². The predicted octanol–water partition coefficient (Wildman–Crippen LogP) is 3.28. The van der Waals surface area contributed by atoms with Gasteiger partial charge in [-0.15, -0.1) is 0 Å². The Balaban J connectivity index is 2.26. The van der Waals surface area contributed by atoms with Gasteiger partial charge >= 0.3 is 6.18 Å². The van der Waals surface area contributed by atoms with Crippen molar-refractivity contribution in [3.63, 3.8) is 0 Å². The van der Waals surface area contributed by atoms with Gasteiger partial charge in [-0.2, -0.15) is 13.2 Å². The van der Waals surface area contributed by atoms with E-state index in [0.717, 1.165) is 25.0 Å². The van der Waals surface area contributed by atoms with Crippen molar-refractivity contribution in [1.82, 2.24) is 0 Å². The van der Waals surface area contributed by atoms with E-state index >= 15 is 0 Å². The van der Waals surface area contributed by atoms with Crippen molar-refractivity contribution in [3.8, 4) is 0 Å². The maximum absolute atomic E-state index is 12.8. The molecule has 1 aliphatic heterocycles. The second kappa shape index (κ2) is 5.79. The fourth-order valence-electron chi connectivity index (χ4n) is 2.29. The molecule has 0 radical (unpaired) electrons. The van der Waals surface area contributed by atoms with Crippen LogP contribution in [0.3, 0.4) is 0 Å². The fraction of sp³-hybridized carbons (Fsp3) is 0.538. The van der Waals surface area contributed by atoms with Gasteiger partial charge in [0.05, 0.1) is 17.7 Å². The van der Waals surface area contributed by atoms with Gasteiger partial charge in [0.15, 0.2) is 0 Å². The molecule has 1 unspecified atom stereocenters. The maximum Gasteiger partial charge on any atom is 0.416 e. The lowest BCUT2D eigenvalue weighted by Crippen LogP contribution is -2.51. The molecule has 0 bridgehead atoms. The minimum absolute atomic E-state index is 0.0335. The van der Waals surface area contributed by atoms with Gasteiger partial charge in [0.1, 0.15) is 0 Å². The fourth-order valence-corrected chi connectivity index (χ4v) is 2.53. The molecule has 0 aliphatic carbocycles. The average Bonchev–Trinajstić information content (AvgIpc) is 2.38. The Hall–Kier alpha value is -0.980. The number of hydrogen-bond donors (Lipinski definition) is 2. The number of anilines is 1. The third-order valence-corrected chi connectivity index (χ3v) is 3.57. The zero-order chi connectivity index (χ0) is 14.8. The number of benzene rings is 1. The van der Waals surface area contributed by atoms with Gasteiger partial charge in [-0.25, -0.2) is 0 Å². The Morgan fingerprint density at radius 1 is 1.35 bits per heavy atom. The van der Waals surface area contributed by atoms with E-state index in [-0.39, 0.29) is 11.6 Å². The van der Waals surface area contributed by atoms with Crippen molar-refractivity contribution >= 4 is 17.3 Å². The number of halogens is 4. The smallest absolute Gasteiger partial charge is 0.379 e. The van der Waals surface area contributed by atoms with E-state index in [2.05, 4.69) is 5.32 Å². The molecule has 0 saturated carbocycles. The number of hydrogen-bond acceptors (Lipinski definition) is 3. The van der Waals surface area contributed by atoms with E-state index < -0.39 is 17.3 Å². The molecule has 1 aliphatic rings. The minimum atomic E-state index is -4.43. The molecule has 1 saturated heterocycles. The number of nitrogens with one attached hydrogen (secondary N) is 1. The van der Waals surface area contributed by atoms with Crippen molar-refractivity contribution in [3.05, 3.63) is 28.8 Å².